The first kappa shape index (κ1) is 15.5. The first-order chi connectivity index (χ1) is 11.7. The molecule has 1 N–H and O–H groups in total. The van der Waals surface area contributed by atoms with Crippen molar-refractivity contribution in [2.24, 2.45) is 0 Å². The molecule has 4 heteroatoms. The fraction of sp³-hybridized carbons (Fsp3) is 0.450. The van der Waals surface area contributed by atoms with Crippen molar-refractivity contribution in [3.63, 3.8) is 0 Å². The Kier molecular flexibility index (Phi) is 4.15. The summed E-state index contributed by atoms with van der Waals surface area (Å²) in [5, 5.41) is 1.28. The highest BCUT2D eigenvalue weighted by atomic mass is 16.5. The summed E-state index contributed by atoms with van der Waals surface area (Å²) in [6, 6.07) is 8.43. The quantitative estimate of drug-likeness (QED) is 0.936. The van der Waals surface area contributed by atoms with Crippen LogP contribution in [0, 0.1) is 6.92 Å². The maximum Gasteiger partial charge on any atom is 0.225 e. The summed E-state index contributed by atoms with van der Waals surface area (Å²) in [5.41, 5.74) is 5.06. The van der Waals surface area contributed by atoms with E-state index in [0.717, 1.165) is 32.4 Å². The number of carbonyl (C=O) groups is 1. The fourth-order valence-electron chi connectivity index (χ4n) is 3.94. The highest BCUT2D eigenvalue weighted by Crippen LogP contribution is 2.32. The minimum atomic E-state index is 0.138. The number of H-pyrrole nitrogens is 1. The van der Waals surface area contributed by atoms with Gasteiger partial charge in [0.05, 0.1) is 12.5 Å². The van der Waals surface area contributed by atoms with Gasteiger partial charge in [-0.25, -0.2) is 0 Å². The number of amides is 1. The number of hydrogen-bond acceptors (Lipinski definition) is 2. The zero-order valence-corrected chi connectivity index (χ0v) is 14.2. The van der Waals surface area contributed by atoms with Crippen LogP contribution in [0.2, 0.25) is 0 Å². The Balaban J connectivity index is 1.49. The van der Waals surface area contributed by atoms with Gasteiger partial charge in [-0.05, 0) is 37.8 Å². The number of para-hydroxylation sites is 1. The van der Waals surface area contributed by atoms with E-state index in [-0.39, 0.29) is 12.0 Å². The Hall–Kier alpha value is -2.07. The number of aryl methyl sites for hydroxylation is 1. The molecule has 0 aliphatic carbocycles. The van der Waals surface area contributed by atoms with Crippen LogP contribution in [0.15, 0.2) is 30.3 Å². The van der Waals surface area contributed by atoms with Crippen LogP contribution < -0.4 is 0 Å². The van der Waals surface area contributed by atoms with E-state index in [2.05, 4.69) is 42.2 Å². The SMILES string of the molecule is Cc1[nH]c2ccccc2c1C1=CCN(C(=O)C[C@@H]2CCCO2)CC1. The van der Waals surface area contributed by atoms with Gasteiger partial charge in [-0.3, -0.25) is 4.79 Å². The highest BCUT2D eigenvalue weighted by Gasteiger charge is 2.25. The standard InChI is InChI=1S/C20H24N2O2/c1-14-20(17-6-2-3-7-18(17)21-14)15-8-10-22(11-9-15)19(23)13-16-5-4-12-24-16/h2-3,6-8,16,21H,4-5,9-13H2,1H3/t16-/m0/s1. The minimum Gasteiger partial charge on any atom is -0.378 e. The van der Waals surface area contributed by atoms with E-state index in [0.29, 0.717) is 13.0 Å². The molecule has 1 fully saturated rings. The van der Waals surface area contributed by atoms with Gasteiger partial charge >= 0.3 is 0 Å². The van der Waals surface area contributed by atoms with Crippen molar-refractivity contribution in [1.82, 2.24) is 9.88 Å². The van der Waals surface area contributed by atoms with Crippen molar-refractivity contribution >= 4 is 22.4 Å². The van der Waals surface area contributed by atoms with E-state index >= 15 is 0 Å². The number of carbonyl (C=O) groups excluding carboxylic acids is 1. The fourth-order valence-corrected chi connectivity index (χ4v) is 3.94. The van der Waals surface area contributed by atoms with Crippen LogP contribution in [0.4, 0.5) is 0 Å². The molecule has 0 spiro atoms. The number of nitrogens with one attached hydrogen (secondary N) is 1. The summed E-state index contributed by atoms with van der Waals surface area (Å²) in [6.07, 6.45) is 5.92. The van der Waals surface area contributed by atoms with Crippen LogP contribution in [0.3, 0.4) is 0 Å². The molecule has 2 aliphatic rings. The summed E-state index contributed by atoms with van der Waals surface area (Å²) >= 11 is 0. The van der Waals surface area contributed by atoms with Gasteiger partial charge in [-0.2, -0.15) is 0 Å². The van der Waals surface area contributed by atoms with Crippen molar-refractivity contribution in [1.29, 1.82) is 0 Å². The van der Waals surface area contributed by atoms with E-state index in [1.54, 1.807) is 0 Å². The summed E-state index contributed by atoms with van der Waals surface area (Å²) in [5.74, 6) is 0.229. The number of nitrogens with zero attached hydrogens (tertiary/aromatic N) is 1. The van der Waals surface area contributed by atoms with Crippen LogP contribution in [-0.2, 0) is 9.53 Å². The number of aromatic nitrogens is 1. The molecule has 0 bridgehead atoms. The van der Waals surface area contributed by atoms with Gasteiger partial charge in [0.15, 0.2) is 0 Å². The summed E-state index contributed by atoms with van der Waals surface area (Å²) in [6.45, 7) is 4.45. The van der Waals surface area contributed by atoms with Gasteiger partial charge in [0, 0.05) is 41.9 Å². The molecule has 2 aromatic rings. The molecule has 1 saturated heterocycles. The molecule has 2 aliphatic heterocycles. The third kappa shape index (κ3) is 2.86. The van der Waals surface area contributed by atoms with E-state index in [9.17, 15) is 4.79 Å². The monoisotopic (exact) mass is 324 g/mol. The predicted octanol–water partition coefficient (Wildman–Crippen LogP) is 3.66. The first-order valence-corrected chi connectivity index (χ1v) is 8.88. The van der Waals surface area contributed by atoms with Crippen molar-refractivity contribution < 1.29 is 9.53 Å². The molecule has 4 nitrogen and oxygen atoms in total. The summed E-state index contributed by atoms with van der Waals surface area (Å²) < 4.78 is 5.59. The van der Waals surface area contributed by atoms with E-state index in [4.69, 9.17) is 4.74 Å². The Morgan fingerprint density at radius 1 is 1.38 bits per heavy atom. The molecule has 24 heavy (non-hydrogen) atoms. The van der Waals surface area contributed by atoms with Crippen molar-refractivity contribution in [2.75, 3.05) is 19.7 Å². The molecule has 0 saturated carbocycles. The van der Waals surface area contributed by atoms with Gasteiger partial charge in [0.25, 0.3) is 0 Å². The Labute approximate surface area is 142 Å². The minimum absolute atomic E-state index is 0.138. The van der Waals surface area contributed by atoms with Gasteiger partial charge in [0.2, 0.25) is 5.91 Å². The third-order valence-electron chi connectivity index (χ3n) is 5.20. The number of hydrogen-bond donors (Lipinski definition) is 1. The molecular formula is C20H24N2O2. The molecule has 1 atom stereocenters. The second-order valence-corrected chi connectivity index (χ2v) is 6.83. The smallest absolute Gasteiger partial charge is 0.225 e. The maximum absolute atomic E-state index is 12.4. The number of rotatable bonds is 3. The zero-order chi connectivity index (χ0) is 16.5. The third-order valence-corrected chi connectivity index (χ3v) is 5.20. The highest BCUT2D eigenvalue weighted by molar-refractivity contribution is 5.94. The van der Waals surface area contributed by atoms with Crippen LogP contribution in [-0.4, -0.2) is 41.6 Å². The van der Waals surface area contributed by atoms with Crippen LogP contribution >= 0.6 is 0 Å². The lowest BCUT2D eigenvalue weighted by atomic mass is 9.96. The molecule has 1 aromatic heterocycles. The predicted molar refractivity (Wildman–Crippen MR) is 95.8 cm³/mol. The van der Waals surface area contributed by atoms with Gasteiger partial charge in [-0.1, -0.05) is 24.3 Å². The van der Waals surface area contributed by atoms with Crippen LogP contribution in [0.5, 0.6) is 0 Å². The average molecular weight is 324 g/mol. The van der Waals surface area contributed by atoms with Gasteiger partial charge in [-0.15, -0.1) is 0 Å². The second kappa shape index (κ2) is 6.44. The maximum atomic E-state index is 12.4. The summed E-state index contributed by atoms with van der Waals surface area (Å²) in [7, 11) is 0. The van der Waals surface area contributed by atoms with Crippen LogP contribution in [0.25, 0.3) is 16.5 Å². The van der Waals surface area contributed by atoms with E-state index in [1.807, 2.05) is 4.90 Å². The zero-order valence-electron chi connectivity index (χ0n) is 14.2. The normalized spacial score (nSPS) is 21.3. The number of ether oxygens (including phenoxy) is 1. The number of benzene rings is 1. The van der Waals surface area contributed by atoms with Gasteiger partial charge in [0.1, 0.15) is 0 Å². The second-order valence-electron chi connectivity index (χ2n) is 6.83. The lowest BCUT2D eigenvalue weighted by Gasteiger charge is -2.27. The van der Waals surface area contributed by atoms with Gasteiger partial charge < -0.3 is 14.6 Å². The molecule has 1 amide bonds. The van der Waals surface area contributed by atoms with E-state index < -0.39 is 0 Å². The van der Waals surface area contributed by atoms with Crippen molar-refractivity contribution in [2.45, 2.75) is 38.7 Å². The summed E-state index contributed by atoms with van der Waals surface area (Å²) in [4.78, 5) is 17.9. The van der Waals surface area contributed by atoms with E-state index in [1.165, 1.54) is 27.7 Å². The Morgan fingerprint density at radius 3 is 3.00 bits per heavy atom. The lowest BCUT2D eigenvalue weighted by Crippen LogP contribution is -2.36. The average Bonchev–Trinajstić information content (AvgIpc) is 3.21. The molecule has 1 aromatic carbocycles. The Morgan fingerprint density at radius 2 is 2.25 bits per heavy atom. The molecular weight excluding hydrogens is 300 g/mol. The first-order valence-electron chi connectivity index (χ1n) is 8.88. The molecule has 0 radical (unpaired) electrons. The van der Waals surface area contributed by atoms with Crippen molar-refractivity contribution in [3.05, 3.63) is 41.6 Å². The topological polar surface area (TPSA) is 45.3 Å². The molecule has 0 unspecified atom stereocenters. The Bertz CT molecular complexity index is 784. The van der Waals surface area contributed by atoms with Crippen LogP contribution in [0.1, 0.15) is 36.9 Å². The largest absolute Gasteiger partial charge is 0.378 e. The number of fused-ring (bicyclic) bond motifs is 1. The number of aromatic amines is 1. The van der Waals surface area contributed by atoms with Crippen molar-refractivity contribution in [3.8, 4) is 0 Å². The molecule has 4 rings (SSSR count). The molecule has 126 valence electrons. The lowest BCUT2D eigenvalue weighted by molar-refractivity contribution is -0.133. The molecule has 3 heterocycles.